The first kappa shape index (κ1) is 12.0. The van der Waals surface area contributed by atoms with Gasteiger partial charge in [0, 0.05) is 18.5 Å². The maximum absolute atomic E-state index is 3.60. The summed E-state index contributed by atoms with van der Waals surface area (Å²) in [5.41, 5.74) is 4.84. The molecule has 2 aliphatic rings. The lowest BCUT2D eigenvalue weighted by Crippen LogP contribution is -2.51. The fourth-order valence-corrected chi connectivity index (χ4v) is 3.40. The van der Waals surface area contributed by atoms with E-state index in [-0.39, 0.29) is 0 Å². The van der Waals surface area contributed by atoms with Gasteiger partial charge in [0.1, 0.15) is 0 Å². The molecule has 3 rings (SSSR count). The number of allylic oxidation sites excluding steroid dienone is 2. The summed E-state index contributed by atoms with van der Waals surface area (Å²) in [6.45, 7) is 3.46. The first-order chi connectivity index (χ1) is 8.90. The van der Waals surface area contributed by atoms with Crippen molar-refractivity contribution >= 4 is 0 Å². The van der Waals surface area contributed by atoms with Gasteiger partial charge in [0.15, 0.2) is 0 Å². The number of hydrogen-bond acceptors (Lipinski definition) is 1. The Kier molecular flexibility index (Phi) is 3.51. The molecule has 0 radical (unpaired) electrons. The number of fused-ring (bicyclic) bond motifs is 1. The van der Waals surface area contributed by atoms with Crippen molar-refractivity contribution in [3.8, 4) is 0 Å². The predicted molar refractivity (Wildman–Crippen MR) is 77.0 cm³/mol. The lowest BCUT2D eigenvalue weighted by atomic mass is 9.78. The van der Waals surface area contributed by atoms with Gasteiger partial charge >= 0.3 is 0 Å². The van der Waals surface area contributed by atoms with Gasteiger partial charge in [-0.1, -0.05) is 43.7 Å². The molecule has 1 aromatic rings. The highest BCUT2D eigenvalue weighted by molar-refractivity contribution is 5.42. The van der Waals surface area contributed by atoms with Crippen molar-refractivity contribution in [2.45, 2.75) is 51.0 Å². The largest absolute Gasteiger partial charge is 0.313 e. The Balaban J connectivity index is 1.89. The summed E-state index contributed by atoms with van der Waals surface area (Å²) < 4.78 is 0. The Morgan fingerprint density at radius 3 is 3.00 bits per heavy atom. The van der Waals surface area contributed by atoms with E-state index in [0.717, 1.165) is 18.4 Å². The molecular formula is C17H23N. The molecule has 0 saturated carbocycles. The van der Waals surface area contributed by atoms with Crippen molar-refractivity contribution in [2.24, 2.45) is 0 Å². The number of hydrogen-bond donors (Lipinski definition) is 1. The zero-order valence-corrected chi connectivity index (χ0v) is 11.3. The van der Waals surface area contributed by atoms with Crippen LogP contribution in [0, 0.1) is 0 Å². The van der Waals surface area contributed by atoms with Crippen LogP contribution in [-0.2, 0) is 12.8 Å². The fourth-order valence-electron chi connectivity index (χ4n) is 3.40. The predicted octanol–water partition coefficient (Wildman–Crippen LogP) is 3.59. The molecule has 96 valence electrons. The molecule has 0 bridgehead atoms. The van der Waals surface area contributed by atoms with Crippen LogP contribution in [0.2, 0.25) is 0 Å². The van der Waals surface area contributed by atoms with Crippen molar-refractivity contribution < 1.29 is 0 Å². The minimum Gasteiger partial charge on any atom is -0.313 e. The molecule has 0 aromatic heterocycles. The minimum atomic E-state index is 0.720. The van der Waals surface area contributed by atoms with Gasteiger partial charge in [-0.2, -0.15) is 0 Å². The molecule has 1 fully saturated rings. The van der Waals surface area contributed by atoms with Gasteiger partial charge in [-0.25, -0.2) is 0 Å². The molecule has 1 aromatic carbocycles. The Morgan fingerprint density at radius 1 is 1.28 bits per heavy atom. The smallest absolute Gasteiger partial charge is 0.0148 e. The summed E-state index contributed by atoms with van der Waals surface area (Å²) in [4.78, 5) is 0. The average molecular weight is 241 g/mol. The summed E-state index contributed by atoms with van der Waals surface area (Å²) in [5.74, 6) is 0.762. The van der Waals surface area contributed by atoms with E-state index >= 15 is 0 Å². The highest BCUT2D eigenvalue weighted by Crippen LogP contribution is 2.34. The maximum atomic E-state index is 3.60. The van der Waals surface area contributed by atoms with Gasteiger partial charge in [0.05, 0.1) is 0 Å². The SMILES string of the molecule is CCCC1NCC1c1cccc2c1CCC=CC2. The first-order valence-corrected chi connectivity index (χ1v) is 7.39. The molecule has 2 unspecified atom stereocenters. The monoisotopic (exact) mass is 241 g/mol. The van der Waals surface area contributed by atoms with Crippen LogP contribution in [0.25, 0.3) is 0 Å². The molecule has 1 aliphatic heterocycles. The second-order valence-electron chi connectivity index (χ2n) is 5.61. The Morgan fingerprint density at radius 2 is 2.22 bits per heavy atom. The lowest BCUT2D eigenvalue weighted by Gasteiger charge is -2.40. The van der Waals surface area contributed by atoms with Crippen LogP contribution in [0.3, 0.4) is 0 Å². The van der Waals surface area contributed by atoms with Crippen LogP contribution in [0.15, 0.2) is 30.4 Å². The lowest BCUT2D eigenvalue weighted by molar-refractivity contribution is 0.291. The minimum absolute atomic E-state index is 0.720. The molecule has 18 heavy (non-hydrogen) atoms. The Hall–Kier alpha value is -1.08. The van der Waals surface area contributed by atoms with Crippen molar-refractivity contribution in [1.82, 2.24) is 5.32 Å². The average Bonchev–Trinajstić information content (AvgIpc) is 2.60. The van der Waals surface area contributed by atoms with Crippen LogP contribution in [0.5, 0.6) is 0 Å². The van der Waals surface area contributed by atoms with Crippen LogP contribution < -0.4 is 5.32 Å². The summed E-state index contributed by atoms with van der Waals surface area (Å²) in [5, 5.41) is 3.60. The van der Waals surface area contributed by atoms with Crippen LogP contribution >= 0.6 is 0 Å². The van der Waals surface area contributed by atoms with Gasteiger partial charge in [0.25, 0.3) is 0 Å². The van der Waals surface area contributed by atoms with E-state index in [1.165, 1.54) is 32.2 Å². The van der Waals surface area contributed by atoms with Gasteiger partial charge < -0.3 is 5.32 Å². The molecule has 1 saturated heterocycles. The summed E-state index contributed by atoms with van der Waals surface area (Å²) in [7, 11) is 0. The van der Waals surface area contributed by atoms with Gasteiger partial charge in [-0.3, -0.25) is 0 Å². The second kappa shape index (κ2) is 5.27. The third-order valence-corrected chi connectivity index (χ3v) is 4.46. The van der Waals surface area contributed by atoms with Gasteiger partial charge in [0.2, 0.25) is 0 Å². The van der Waals surface area contributed by atoms with Crippen molar-refractivity contribution in [3.05, 3.63) is 47.0 Å². The first-order valence-electron chi connectivity index (χ1n) is 7.39. The van der Waals surface area contributed by atoms with Crippen LogP contribution in [0.4, 0.5) is 0 Å². The van der Waals surface area contributed by atoms with Crippen molar-refractivity contribution in [2.75, 3.05) is 6.54 Å². The molecule has 0 amide bonds. The molecule has 1 nitrogen and oxygen atoms in total. The topological polar surface area (TPSA) is 12.0 Å². The highest BCUT2D eigenvalue weighted by Gasteiger charge is 2.32. The molecule has 1 aliphatic carbocycles. The number of nitrogens with one attached hydrogen (secondary N) is 1. The second-order valence-corrected chi connectivity index (χ2v) is 5.61. The van der Waals surface area contributed by atoms with Crippen LogP contribution in [0.1, 0.15) is 48.8 Å². The van der Waals surface area contributed by atoms with Gasteiger partial charge in [-0.15, -0.1) is 0 Å². The molecule has 0 spiro atoms. The summed E-state index contributed by atoms with van der Waals surface area (Å²) in [6, 6.07) is 7.67. The zero-order chi connectivity index (χ0) is 12.4. The van der Waals surface area contributed by atoms with Crippen molar-refractivity contribution in [1.29, 1.82) is 0 Å². The molecule has 1 N–H and O–H groups in total. The Labute approximate surface area is 110 Å². The normalized spacial score (nSPS) is 26.3. The van der Waals surface area contributed by atoms with E-state index in [9.17, 15) is 0 Å². The molecule has 1 heteroatoms. The molecule has 1 heterocycles. The highest BCUT2D eigenvalue weighted by atomic mass is 15.0. The van der Waals surface area contributed by atoms with E-state index in [0.29, 0.717) is 0 Å². The standard InChI is InChI=1S/C17H23N/c1-2-7-17-16(12-18-17)15-11-6-9-13-8-4-3-5-10-14(13)15/h3-4,6,9,11,16-18H,2,5,7-8,10,12H2,1H3. The van der Waals surface area contributed by atoms with E-state index in [1.807, 2.05) is 0 Å². The quantitative estimate of drug-likeness (QED) is 0.797. The van der Waals surface area contributed by atoms with Crippen molar-refractivity contribution in [3.63, 3.8) is 0 Å². The van der Waals surface area contributed by atoms with E-state index in [2.05, 4.69) is 42.6 Å². The Bertz CT molecular complexity index is 447. The summed E-state index contributed by atoms with van der Waals surface area (Å²) in [6.07, 6.45) is 10.8. The summed E-state index contributed by atoms with van der Waals surface area (Å²) >= 11 is 0. The fraction of sp³-hybridized carbons (Fsp3) is 0.529. The van der Waals surface area contributed by atoms with E-state index < -0.39 is 0 Å². The third kappa shape index (κ3) is 2.12. The molecular weight excluding hydrogens is 218 g/mol. The van der Waals surface area contributed by atoms with Gasteiger partial charge in [-0.05, 0) is 42.4 Å². The van der Waals surface area contributed by atoms with E-state index in [1.54, 1.807) is 16.7 Å². The number of benzene rings is 1. The molecule has 2 atom stereocenters. The zero-order valence-electron chi connectivity index (χ0n) is 11.3. The maximum Gasteiger partial charge on any atom is 0.0148 e. The van der Waals surface area contributed by atoms with E-state index in [4.69, 9.17) is 0 Å². The number of rotatable bonds is 3. The third-order valence-electron chi connectivity index (χ3n) is 4.46. The van der Waals surface area contributed by atoms with Crippen LogP contribution in [-0.4, -0.2) is 12.6 Å².